The zero-order valence-electron chi connectivity index (χ0n) is 14.6. The number of carbonyl (C=O) groups is 1. The lowest BCUT2D eigenvalue weighted by atomic mass is 9.96. The minimum Gasteiger partial charge on any atom is -0.477 e. The minimum atomic E-state index is -1.08. The Balaban J connectivity index is 2.14. The van der Waals surface area contributed by atoms with Gasteiger partial charge in [-0.3, -0.25) is 0 Å². The average molecular weight is 347 g/mol. The Labute approximate surface area is 149 Å². The molecule has 3 heterocycles. The molecular formula is C20H17N3O3. The van der Waals surface area contributed by atoms with Crippen LogP contribution in [0.2, 0.25) is 0 Å². The number of rotatable bonds is 3. The standard InChI is InChI=1S/C20H17N3O3/c1-11-5-4-6-12(2)17(11)18-13(3)22-23-16(14-7-8-26-10-14)9-15(20(24)25)21-19(18)23/h4-10H,1-3H3,(H,24,25). The number of fused-ring (bicyclic) bond motifs is 1. The van der Waals surface area contributed by atoms with E-state index in [-0.39, 0.29) is 5.69 Å². The highest BCUT2D eigenvalue weighted by atomic mass is 16.4. The van der Waals surface area contributed by atoms with Gasteiger partial charge in [-0.05, 0) is 49.6 Å². The van der Waals surface area contributed by atoms with Gasteiger partial charge in [0.15, 0.2) is 11.3 Å². The van der Waals surface area contributed by atoms with Gasteiger partial charge in [0.25, 0.3) is 0 Å². The third-order valence-corrected chi connectivity index (χ3v) is 4.53. The molecule has 6 heteroatoms. The molecule has 0 unspecified atom stereocenters. The highest BCUT2D eigenvalue weighted by Gasteiger charge is 2.21. The average Bonchev–Trinajstić information content (AvgIpc) is 3.22. The quantitative estimate of drug-likeness (QED) is 0.598. The number of carboxylic acids is 1. The van der Waals surface area contributed by atoms with E-state index in [2.05, 4.69) is 10.1 Å². The number of furan rings is 1. The van der Waals surface area contributed by atoms with Crippen molar-refractivity contribution in [3.05, 3.63) is 65.4 Å². The van der Waals surface area contributed by atoms with E-state index in [1.54, 1.807) is 23.1 Å². The van der Waals surface area contributed by atoms with Crippen LogP contribution in [0.25, 0.3) is 28.0 Å². The van der Waals surface area contributed by atoms with E-state index in [0.29, 0.717) is 11.3 Å². The molecule has 130 valence electrons. The molecule has 0 fully saturated rings. The van der Waals surface area contributed by atoms with Crippen molar-refractivity contribution in [2.24, 2.45) is 0 Å². The molecule has 26 heavy (non-hydrogen) atoms. The Morgan fingerprint density at radius 3 is 2.46 bits per heavy atom. The van der Waals surface area contributed by atoms with Gasteiger partial charge >= 0.3 is 5.97 Å². The summed E-state index contributed by atoms with van der Waals surface area (Å²) in [4.78, 5) is 16.0. The number of nitrogens with zero attached hydrogens (tertiary/aromatic N) is 3. The summed E-state index contributed by atoms with van der Waals surface area (Å²) in [6.07, 6.45) is 3.11. The molecule has 0 bridgehead atoms. The van der Waals surface area contributed by atoms with Crippen LogP contribution >= 0.6 is 0 Å². The smallest absolute Gasteiger partial charge is 0.354 e. The number of carboxylic acid groups (broad SMARTS) is 1. The van der Waals surface area contributed by atoms with Crippen LogP contribution in [0.5, 0.6) is 0 Å². The Kier molecular flexibility index (Phi) is 3.61. The second kappa shape index (κ2) is 5.84. The molecule has 0 aliphatic heterocycles. The van der Waals surface area contributed by atoms with Crippen molar-refractivity contribution in [2.45, 2.75) is 20.8 Å². The van der Waals surface area contributed by atoms with Crippen molar-refractivity contribution >= 4 is 11.6 Å². The van der Waals surface area contributed by atoms with Gasteiger partial charge in [0, 0.05) is 5.56 Å². The first kappa shape index (κ1) is 16.1. The fraction of sp³-hybridized carbons (Fsp3) is 0.150. The molecule has 1 aromatic carbocycles. The van der Waals surface area contributed by atoms with Crippen molar-refractivity contribution < 1.29 is 14.3 Å². The van der Waals surface area contributed by atoms with E-state index in [4.69, 9.17) is 4.42 Å². The van der Waals surface area contributed by atoms with Crippen LogP contribution < -0.4 is 0 Å². The Bertz CT molecular complexity index is 1120. The van der Waals surface area contributed by atoms with E-state index in [1.165, 1.54) is 6.07 Å². The highest BCUT2D eigenvalue weighted by molar-refractivity contribution is 5.91. The van der Waals surface area contributed by atoms with Crippen molar-refractivity contribution in [1.29, 1.82) is 0 Å². The number of aromatic nitrogens is 3. The van der Waals surface area contributed by atoms with Gasteiger partial charge in [-0.1, -0.05) is 18.2 Å². The van der Waals surface area contributed by atoms with Gasteiger partial charge < -0.3 is 9.52 Å². The van der Waals surface area contributed by atoms with E-state index >= 15 is 0 Å². The van der Waals surface area contributed by atoms with Crippen LogP contribution in [0, 0.1) is 20.8 Å². The van der Waals surface area contributed by atoms with Gasteiger partial charge in [0.1, 0.15) is 0 Å². The molecule has 0 aliphatic carbocycles. The topological polar surface area (TPSA) is 80.6 Å². The van der Waals surface area contributed by atoms with E-state index < -0.39 is 5.97 Å². The number of hydrogen-bond donors (Lipinski definition) is 1. The fourth-order valence-electron chi connectivity index (χ4n) is 3.35. The zero-order chi connectivity index (χ0) is 18.4. The molecule has 0 amide bonds. The van der Waals surface area contributed by atoms with Crippen molar-refractivity contribution in [1.82, 2.24) is 14.6 Å². The lowest BCUT2D eigenvalue weighted by Crippen LogP contribution is -2.05. The summed E-state index contributed by atoms with van der Waals surface area (Å²) in [7, 11) is 0. The molecule has 0 saturated heterocycles. The summed E-state index contributed by atoms with van der Waals surface area (Å²) < 4.78 is 6.86. The van der Waals surface area contributed by atoms with Crippen LogP contribution in [0.3, 0.4) is 0 Å². The Morgan fingerprint density at radius 1 is 1.12 bits per heavy atom. The summed E-state index contributed by atoms with van der Waals surface area (Å²) in [6, 6.07) is 9.35. The maximum Gasteiger partial charge on any atom is 0.354 e. The molecule has 0 spiro atoms. The fourth-order valence-corrected chi connectivity index (χ4v) is 3.35. The predicted molar refractivity (Wildman–Crippen MR) is 97.3 cm³/mol. The van der Waals surface area contributed by atoms with Crippen LogP contribution in [-0.2, 0) is 0 Å². The third kappa shape index (κ3) is 2.38. The molecule has 1 N–H and O–H groups in total. The normalized spacial score (nSPS) is 11.2. The van der Waals surface area contributed by atoms with Crippen LogP contribution in [0.4, 0.5) is 0 Å². The van der Waals surface area contributed by atoms with E-state index in [0.717, 1.165) is 33.5 Å². The van der Waals surface area contributed by atoms with Gasteiger partial charge in [0.05, 0.1) is 29.5 Å². The summed E-state index contributed by atoms with van der Waals surface area (Å²) in [6.45, 7) is 5.97. The largest absolute Gasteiger partial charge is 0.477 e. The van der Waals surface area contributed by atoms with Crippen LogP contribution in [0.15, 0.2) is 47.3 Å². The number of aromatic carboxylic acids is 1. The maximum absolute atomic E-state index is 11.6. The number of aryl methyl sites for hydroxylation is 3. The lowest BCUT2D eigenvalue weighted by Gasteiger charge is -2.10. The van der Waals surface area contributed by atoms with Crippen LogP contribution in [-0.4, -0.2) is 25.7 Å². The lowest BCUT2D eigenvalue weighted by molar-refractivity contribution is 0.0690. The van der Waals surface area contributed by atoms with Crippen LogP contribution in [0.1, 0.15) is 27.3 Å². The van der Waals surface area contributed by atoms with Gasteiger partial charge in [-0.2, -0.15) is 5.10 Å². The Morgan fingerprint density at radius 2 is 1.85 bits per heavy atom. The molecule has 0 aliphatic rings. The predicted octanol–water partition coefficient (Wildman–Crippen LogP) is 4.28. The summed E-state index contributed by atoms with van der Waals surface area (Å²) in [5, 5.41) is 14.2. The summed E-state index contributed by atoms with van der Waals surface area (Å²) >= 11 is 0. The first-order chi connectivity index (χ1) is 12.5. The van der Waals surface area contributed by atoms with Crippen molar-refractivity contribution in [3.8, 4) is 22.4 Å². The molecule has 0 radical (unpaired) electrons. The van der Waals surface area contributed by atoms with Gasteiger partial charge in [-0.15, -0.1) is 0 Å². The number of hydrogen-bond acceptors (Lipinski definition) is 4. The second-order valence-electron chi connectivity index (χ2n) is 6.31. The first-order valence-corrected chi connectivity index (χ1v) is 8.20. The monoisotopic (exact) mass is 347 g/mol. The second-order valence-corrected chi connectivity index (χ2v) is 6.31. The Hall–Kier alpha value is -3.41. The molecule has 0 saturated carbocycles. The molecule has 0 atom stereocenters. The first-order valence-electron chi connectivity index (χ1n) is 8.20. The summed E-state index contributed by atoms with van der Waals surface area (Å²) in [5.41, 5.74) is 6.74. The highest BCUT2D eigenvalue weighted by Crippen LogP contribution is 2.34. The number of benzene rings is 1. The molecule has 3 aromatic heterocycles. The molecular weight excluding hydrogens is 330 g/mol. The maximum atomic E-state index is 11.6. The van der Waals surface area contributed by atoms with Crippen molar-refractivity contribution in [2.75, 3.05) is 0 Å². The van der Waals surface area contributed by atoms with E-state index in [1.807, 2.05) is 39.0 Å². The minimum absolute atomic E-state index is 0.0268. The van der Waals surface area contributed by atoms with Gasteiger partial charge in [-0.25, -0.2) is 14.3 Å². The van der Waals surface area contributed by atoms with Crippen molar-refractivity contribution in [3.63, 3.8) is 0 Å². The van der Waals surface area contributed by atoms with E-state index in [9.17, 15) is 9.90 Å². The third-order valence-electron chi connectivity index (χ3n) is 4.53. The molecule has 4 aromatic rings. The SMILES string of the molecule is Cc1cccc(C)c1-c1c(C)nn2c(-c3ccoc3)cc(C(=O)O)nc12. The zero-order valence-corrected chi connectivity index (χ0v) is 14.6. The van der Waals surface area contributed by atoms with Gasteiger partial charge in [0.2, 0.25) is 0 Å². The molecule has 4 rings (SSSR count). The molecule has 6 nitrogen and oxygen atoms in total. The summed E-state index contributed by atoms with van der Waals surface area (Å²) in [5.74, 6) is -1.08.